The first-order chi connectivity index (χ1) is 13.8. The third-order valence-corrected chi connectivity index (χ3v) is 5.10. The highest BCUT2D eigenvalue weighted by atomic mass is 15.3. The minimum Gasteiger partial charge on any atom is -0.341 e. The summed E-state index contributed by atoms with van der Waals surface area (Å²) < 4.78 is 1.77. The fourth-order valence-corrected chi connectivity index (χ4v) is 3.56. The van der Waals surface area contributed by atoms with Gasteiger partial charge in [-0.1, -0.05) is 0 Å². The Bertz CT molecular complexity index is 1120. The average molecular weight is 372 g/mol. The highest BCUT2D eigenvalue weighted by Crippen LogP contribution is 2.24. The van der Waals surface area contributed by atoms with Gasteiger partial charge in [-0.15, -0.1) is 5.10 Å². The maximum atomic E-state index is 4.80. The van der Waals surface area contributed by atoms with Crippen LogP contribution in [0.15, 0.2) is 43.0 Å². The molecule has 0 spiro atoms. The highest BCUT2D eigenvalue weighted by Gasteiger charge is 2.17. The van der Waals surface area contributed by atoms with Crippen molar-refractivity contribution in [2.45, 2.75) is 26.2 Å². The molecule has 4 aromatic heterocycles. The van der Waals surface area contributed by atoms with Crippen molar-refractivity contribution < 1.29 is 0 Å². The minimum atomic E-state index is 0.568. The van der Waals surface area contributed by atoms with Crippen LogP contribution in [0.1, 0.15) is 25.0 Å². The molecule has 4 aromatic rings. The molecule has 0 aliphatic carbocycles. The third kappa shape index (κ3) is 2.96. The lowest BCUT2D eigenvalue weighted by Gasteiger charge is -2.26. The van der Waals surface area contributed by atoms with Gasteiger partial charge >= 0.3 is 0 Å². The van der Waals surface area contributed by atoms with Gasteiger partial charge in [0.05, 0.1) is 11.4 Å². The number of piperidine rings is 1. The molecule has 5 rings (SSSR count). The Labute approximate surface area is 162 Å². The molecule has 1 aliphatic rings. The van der Waals surface area contributed by atoms with E-state index >= 15 is 0 Å². The predicted octanol–water partition coefficient (Wildman–Crippen LogP) is 2.94. The molecular weight excluding hydrogens is 352 g/mol. The summed E-state index contributed by atoms with van der Waals surface area (Å²) >= 11 is 0. The molecule has 1 saturated heterocycles. The summed E-state index contributed by atoms with van der Waals surface area (Å²) in [5.74, 6) is 1.98. The highest BCUT2D eigenvalue weighted by molar-refractivity contribution is 5.64. The number of nitrogens with zero attached hydrogens (tertiary/aromatic N) is 8. The summed E-state index contributed by atoms with van der Waals surface area (Å²) in [5.41, 5.74) is 3.64. The molecule has 5 heterocycles. The van der Waals surface area contributed by atoms with Crippen molar-refractivity contribution >= 4 is 11.7 Å². The SMILES string of the molecule is Cc1c(-c2ccnc(N3CCCCC3)n2)cnc2nc(-c3ccncc3)nn12. The Kier molecular flexibility index (Phi) is 4.16. The summed E-state index contributed by atoms with van der Waals surface area (Å²) in [6, 6.07) is 5.70. The molecule has 28 heavy (non-hydrogen) atoms. The van der Waals surface area contributed by atoms with Crippen LogP contribution in [0.5, 0.6) is 0 Å². The molecule has 0 amide bonds. The normalized spacial score (nSPS) is 14.5. The fraction of sp³-hybridized carbons (Fsp3) is 0.300. The van der Waals surface area contributed by atoms with E-state index in [-0.39, 0.29) is 0 Å². The molecule has 1 aliphatic heterocycles. The molecule has 1 fully saturated rings. The summed E-state index contributed by atoms with van der Waals surface area (Å²) in [5, 5.41) is 4.64. The summed E-state index contributed by atoms with van der Waals surface area (Å²) in [4.78, 5) is 24.6. The fourth-order valence-electron chi connectivity index (χ4n) is 3.56. The van der Waals surface area contributed by atoms with Gasteiger partial charge in [0.1, 0.15) is 0 Å². The second-order valence-corrected chi connectivity index (χ2v) is 6.93. The van der Waals surface area contributed by atoms with E-state index in [9.17, 15) is 0 Å². The monoisotopic (exact) mass is 372 g/mol. The van der Waals surface area contributed by atoms with Crippen LogP contribution in [0.3, 0.4) is 0 Å². The van der Waals surface area contributed by atoms with Crippen molar-refractivity contribution in [3.8, 4) is 22.6 Å². The quantitative estimate of drug-likeness (QED) is 0.546. The Morgan fingerprint density at radius 1 is 0.893 bits per heavy atom. The van der Waals surface area contributed by atoms with Gasteiger partial charge < -0.3 is 4.90 Å². The lowest BCUT2D eigenvalue weighted by atomic mass is 10.1. The van der Waals surface area contributed by atoms with Gasteiger partial charge in [0.25, 0.3) is 5.78 Å². The first-order valence-corrected chi connectivity index (χ1v) is 9.51. The van der Waals surface area contributed by atoms with Crippen LogP contribution >= 0.6 is 0 Å². The number of fused-ring (bicyclic) bond motifs is 1. The zero-order valence-corrected chi connectivity index (χ0v) is 15.7. The Balaban J connectivity index is 1.55. The van der Waals surface area contributed by atoms with E-state index in [1.807, 2.05) is 37.5 Å². The molecule has 0 aromatic carbocycles. The molecule has 140 valence electrons. The lowest BCUT2D eigenvalue weighted by Crippen LogP contribution is -2.31. The van der Waals surface area contributed by atoms with E-state index in [4.69, 9.17) is 4.98 Å². The van der Waals surface area contributed by atoms with Crippen molar-refractivity contribution in [2.75, 3.05) is 18.0 Å². The number of aromatic nitrogens is 7. The van der Waals surface area contributed by atoms with Crippen molar-refractivity contribution in [1.29, 1.82) is 0 Å². The van der Waals surface area contributed by atoms with Gasteiger partial charge in [0.2, 0.25) is 5.95 Å². The van der Waals surface area contributed by atoms with Crippen LogP contribution in [0.25, 0.3) is 28.4 Å². The molecule has 8 nitrogen and oxygen atoms in total. The smallest absolute Gasteiger partial charge is 0.252 e. The number of rotatable bonds is 3. The summed E-state index contributed by atoms with van der Waals surface area (Å²) in [6.07, 6.45) is 10.8. The van der Waals surface area contributed by atoms with Crippen molar-refractivity contribution in [2.24, 2.45) is 0 Å². The minimum absolute atomic E-state index is 0.568. The van der Waals surface area contributed by atoms with Crippen molar-refractivity contribution in [3.05, 3.63) is 48.7 Å². The zero-order chi connectivity index (χ0) is 18.9. The molecular formula is C20H20N8. The largest absolute Gasteiger partial charge is 0.341 e. The van der Waals surface area contributed by atoms with Crippen LogP contribution in [0.2, 0.25) is 0 Å². The lowest BCUT2D eigenvalue weighted by molar-refractivity contribution is 0.568. The molecule has 8 heteroatoms. The van der Waals surface area contributed by atoms with Gasteiger partial charge in [-0.25, -0.2) is 19.5 Å². The van der Waals surface area contributed by atoms with Crippen LogP contribution in [-0.2, 0) is 0 Å². The van der Waals surface area contributed by atoms with Gasteiger partial charge in [-0.3, -0.25) is 4.98 Å². The Morgan fingerprint density at radius 2 is 1.71 bits per heavy atom. The standard InChI is InChI=1S/C20H20N8/c1-14-16(17-7-10-22-19(24-17)27-11-3-2-4-12-27)13-23-20-25-18(26-28(14)20)15-5-8-21-9-6-15/h5-10,13H,2-4,11-12H2,1H3. The second kappa shape index (κ2) is 6.95. The van der Waals surface area contributed by atoms with E-state index < -0.39 is 0 Å². The topological polar surface area (TPSA) is 85.0 Å². The van der Waals surface area contributed by atoms with Crippen molar-refractivity contribution in [1.82, 2.24) is 34.5 Å². The summed E-state index contributed by atoms with van der Waals surface area (Å²) in [7, 11) is 0. The van der Waals surface area contributed by atoms with Crippen LogP contribution in [0.4, 0.5) is 5.95 Å². The number of pyridine rings is 1. The van der Waals surface area contributed by atoms with Gasteiger partial charge in [-0.05, 0) is 44.4 Å². The summed E-state index contributed by atoms with van der Waals surface area (Å²) in [6.45, 7) is 4.04. The molecule has 0 bridgehead atoms. The molecule has 0 atom stereocenters. The number of hydrogen-bond acceptors (Lipinski definition) is 7. The maximum absolute atomic E-state index is 4.80. The van der Waals surface area contributed by atoms with E-state index in [1.54, 1.807) is 16.9 Å². The molecule has 0 N–H and O–H groups in total. The van der Waals surface area contributed by atoms with Crippen LogP contribution < -0.4 is 4.90 Å². The predicted molar refractivity (Wildman–Crippen MR) is 106 cm³/mol. The average Bonchev–Trinajstić information content (AvgIpc) is 3.21. The molecule has 0 saturated carbocycles. The number of anilines is 1. The number of aryl methyl sites for hydroxylation is 1. The van der Waals surface area contributed by atoms with Gasteiger partial charge in [0.15, 0.2) is 5.82 Å². The number of hydrogen-bond donors (Lipinski definition) is 0. The van der Waals surface area contributed by atoms with E-state index in [0.717, 1.165) is 41.6 Å². The van der Waals surface area contributed by atoms with Crippen molar-refractivity contribution in [3.63, 3.8) is 0 Å². The third-order valence-electron chi connectivity index (χ3n) is 5.10. The maximum Gasteiger partial charge on any atom is 0.252 e. The zero-order valence-electron chi connectivity index (χ0n) is 15.7. The molecule has 0 radical (unpaired) electrons. The first-order valence-electron chi connectivity index (χ1n) is 9.51. The van der Waals surface area contributed by atoms with E-state index in [0.29, 0.717) is 11.6 Å². The van der Waals surface area contributed by atoms with Gasteiger partial charge in [-0.2, -0.15) is 4.98 Å². The van der Waals surface area contributed by atoms with E-state index in [2.05, 4.69) is 29.9 Å². The first kappa shape index (κ1) is 16.7. The Morgan fingerprint density at radius 3 is 2.54 bits per heavy atom. The van der Waals surface area contributed by atoms with Gasteiger partial charge in [0, 0.05) is 49.0 Å². The Hall–Kier alpha value is -3.42. The molecule has 0 unspecified atom stereocenters. The van der Waals surface area contributed by atoms with E-state index in [1.165, 1.54) is 19.3 Å². The second-order valence-electron chi connectivity index (χ2n) is 6.93. The van der Waals surface area contributed by atoms with Crippen LogP contribution in [0, 0.1) is 6.92 Å². The van der Waals surface area contributed by atoms with Crippen LogP contribution in [-0.4, -0.2) is 47.6 Å².